The van der Waals surface area contributed by atoms with Crippen LogP contribution in [0.4, 0.5) is 17.3 Å². The van der Waals surface area contributed by atoms with Crippen LogP contribution in [0.5, 0.6) is 0 Å². The lowest BCUT2D eigenvalue weighted by Crippen LogP contribution is -2.13. The topological polar surface area (TPSA) is 96.0 Å². The summed E-state index contributed by atoms with van der Waals surface area (Å²) in [6.07, 6.45) is 4.32. The van der Waals surface area contributed by atoms with Gasteiger partial charge in [-0.2, -0.15) is 0 Å². The standard InChI is InChI=1S/C17H13ClN4O.C3H7NO.C3H8/c18-15-9-5-4-8-14(15)16(23)21-13-10-19-17(20-11-13)22-12-6-2-1-3-7-12;1-3(5)4-2;1-3-2/h1-11H,(H,21,23)(H,19,20,22);1-2H3,(H,4,5);3H2,1-2H3. The second kappa shape index (κ2) is 14.5. The largest absolute Gasteiger partial charge is 0.359 e. The van der Waals surface area contributed by atoms with Gasteiger partial charge in [-0.3, -0.25) is 9.59 Å². The van der Waals surface area contributed by atoms with Gasteiger partial charge in [0, 0.05) is 19.7 Å². The Labute approximate surface area is 188 Å². The molecular weight excluding hydrogens is 414 g/mol. The van der Waals surface area contributed by atoms with E-state index in [-0.39, 0.29) is 11.8 Å². The first-order chi connectivity index (χ1) is 14.9. The highest BCUT2D eigenvalue weighted by Gasteiger charge is 2.10. The van der Waals surface area contributed by atoms with Crippen LogP contribution in [0.25, 0.3) is 0 Å². The van der Waals surface area contributed by atoms with Crippen molar-refractivity contribution in [3.8, 4) is 0 Å². The van der Waals surface area contributed by atoms with E-state index in [4.69, 9.17) is 11.6 Å². The van der Waals surface area contributed by atoms with Gasteiger partial charge in [0.15, 0.2) is 0 Å². The number of nitrogens with one attached hydrogen (secondary N) is 3. The van der Waals surface area contributed by atoms with E-state index in [2.05, 4.69) is 39.8 Å². The van der Waals surface area contributed by atoms with E-state index in [0.717, 1.165) is 5.69 Å². The summed E-state index contributed by atoms with van der Waals surface area (Å²) in [5.74, 6) is 0.153. The predicted molar refractivity (Wildman–Crippen MR) is 127 cm³/mol. The van der Waals surface area contributed by atoms with Gasteiger partial charge in [0.2, 0.25) is 11.9 Å². The Morgan fingerprint density at radius 2 is 1.42 bits per heavy atom. The Bertz CT molecular complexity index is 934. The van der Waals surface area contributed by atoms with Gasteiger partial charge in [-0.15, -0.1) is 0 Å². The van der Waals surface area contributed by atoms with Crippen LogP contribution in [-0.2, 0) is 4.79 Å². The minimum Gasteiger partial charge on any atom is -0.359 e. The number of hydrogen-bond donors (Lipinski definition) is 3. The maximum atomic E-state index is 12.1. The molecule has 3 aromatic rings. The summed E-state index contributed by atoms with van der Waals surface area (Å²) in [6.45, 7) is 5.72. The van der Waals surface area contributed by atoms with Crippen molar-refractivity contribution in [3.05, 3.63) is 77.6 Å². The summed E-state index contributed by atoms with van der Waals surface area (Å²) in [7, 11) is 1.60. The van der Waals surface area contributed by atoms with Gasteiger partial charge in [-0.1, -0.05) is 62.2 Å². The molecule has 7 nitrogen and oxygen atoms in total. The summed E-state index contributed by atoms with van der Waals surface area (Å²) in [4.78, 5) is 30.2. The monoisotopic (exact) mass is 441 g/mol. The van der Waals surface area contributed by atoms with Crippen LogP contribution >= 0.6 is 11.6 Å². The van der Waals surface area contributed by atoms with Gasteiger partial charge >= 0.3 is 0 Å². The lowest BCUT2D eigenvalue weighted by atomic mass is 10.2. The molecule has 0 aliphatic carbocycles. The van der Waals surface area contributed by atoms with Crippen molar-refractivity contribution in [2.75, 3.05) is 17.7 Å². The quantitative estimate of drug-likeness (QED) is 0.510. The Kier molecular flexibility index (Phi) is 12.0. The maximum Gasteiger partial charge on any atom is 0.257 e. The van der Waals surface area contributed by atoms with Crippen LogP contribution in [0.1, 0.15) is 37.6 Å². The fourth-order valence-corrected chi connectivity index (χ4v) is 2.17. The number of benzene rings is 2. The van der Waals surface area contributed by atoms with Crippen LogP contribution in [0.3, 0.4) is 0 Å². The fraction of sp³-hybridized carbons (Fsp3) is 0.217. The molecule has 1 heterocycles. The molecule has 31 heavy (non-hydrogen) atoms. The Hall–Kier alpha value is -3.45. The summed E-state index contributed by atoms with van der Waals surface area (Å²) < 4.78 is 0. The molecule has 3 rings (SSSR count). The Morgan fingerprint density at radius 1 is 0.903 bits per heavy atom. The van der Waals surface area contributed by atoms with Crippen LogP contribution in [-0.4, -0.2) is 28.8 Å². The predicted octanol–water partition coefficient (Wildman–Crippen LogP) is 5.29. The SMILES string of the molecule is CCC.CNC(C)=O.O=C(Nc1cnc(Nc2ccccc2)nc1)c1ccccc1Cl. The molecule has 2 amide bonds. The average Bonchev–Trinajstić information content (AvgIpc) is 2.77. The van der Waals surface area contributed by atoms with E-state index < -0.39 is 0 Å². The van der Waals surface area contributed by atoms with Gasteiger partial charge in [-0.05, 0) is 24.3 Å². The molecule has 0 saturated carbocycles. The third-order valence-electron chi connectivity index (χ3n) is 3.41. The molecule has 0 atom stereocenters. The smallest absolute Gasteiger partial charge is 0.257 e. The van der Waals surface area contributed by atoms with Crippen LogP contribution in [0.15, 0.2) is 67.0 Å². The number of anilines is 3. The Morgan fingerprint density at radius 3 is 1.94 bits per heavy atom. The van der Waals surface area contributed by atoms with E-state index >= 15 is 0 Å². The summed E-state index contributed by atoms with van der Waals surface area (Å²) >= 11 is 6.00. The minimum absolute atomic E-state index is 0.00463. The van der Waals surface area contributed by atoms with Crippen LogP contribution in [0, 0.1) is 0 Å². The molecule has 0 unspecified atom stereocenters. The minimum atomic E-state index is -0.303. The van der Waals surface area contributed by atoms with Crippen LogP contribution in [0.2, 0.25) is 5.02 Å². The molecule has 164 valence electrons. The number of aromatic nitrogens is 2. The lowest BCUT2D eigenvalue weighted by molar-refractivity contribution is -0.118. The van der Waals surface area contributed by atoms with Crippen molar-refractivity contribution >= 4 is 40.7 Å². The van der Waals surface area contributed by atoms with Crippen molar-refractivity contribution in [3.63, 3.8) is 0 Å². The van der Waals surface area contributed by atoms with Crippen molar-refractivity contribution in [2.45, 2.75) is 27.2 Å². The van der Waals surface area contributed by atoms with E-state index in [0.29, 0.717) is 22.2 Å². The highest BCUT2D eigenvalue weighted by atomic mass is 35.5. The highest BCUT2D eigenvalue weighted by molar-refractivity contribution is 6.34. The second-order valence-electron chi connectivity index (χ2n) is 6.23. The normalized spacial score (nSPS) is 9.19. The van der Waals surface area contributed by atoms with Gasteiger partial charge < -0.3 is 16.0 Å². The van der Waals surface area contributed by atoms with Gasteiger partial charge in [-0.25, -0.2) is 9.97 Å². The zero-order valence-corrected chi connectivity index (χ0v) is 18.9. The summed E-state index contributed by atoms with van der Waals surface area (Å²) in [5, 5.41) is 8.57. The third-order valence-corrected chi connectivity index (χ3v) is 3.74. The van der Waals surface area contributed by atoms with Crippen LogP contribution < -0.4 is 16.0 Å². The maximum absolute atomic E-state index is 12.1. The van der Waals surface area contributed by atoms with Gasteiger partial charge in [0.1, 0.15) is 0 Å². The molecule has 1 aromatic heterocycles. The number of nitrogens with zero attached hydrogens (tertiary/aromatic N) is 2. The number of para-hydroxylation sites is 1. The lowest BCUT2D eigenvalue weighted by Gasteiger charge is -2.07. The molecule has 0 spiro atoms. The average molecular weight is 442 g/mol. The highest BCUT2D eigenvalue weighted by Crippen LogP contribution is 2.17. The first kappa shape index (κ1) is 25.6. The molecule has 0 aliphatic heterocycles. The number of rotatable bonds is 4. The number of carbonyl (C=O) groups excluding carboxylic acids is 2. The Balaban J connectivity index is 0.000000519. The molecule has 0 fully saturated rings. The molecule has 2 aromatic carbocycles. The first-order valence-electron chi connectivity index (χ1n) is 9.79. The summed E-state index contributed by atoms with van der Waals surface area (Å²) in [6, 6.07) is 16.4. The number of hydrogen-bond acceptors (Lipinski definition) is 5. The molecule has 0 saturated heterocycles. The van der Waals surface area contributed by atoms with E-state index in [1.807, 2.05) is 30.3 Å². The van der Waals surface area contributed by atoms with Crippen molar-refractivity contribution in [2.24, 2.45) is 0 Å². The van der Waals surface area contributed by atoms with Crippen molar-refractivity contribution in [1.29, 1.82) is 0 Å². The molecule has 0 bridgehead atoms. The molecule has 3 N–H and O–H groups in total. The number of halogens is 1. The second-order valence-corrected chi connectivity index (χ2v) is 6.64. The van der Waals surface area contributed by atoms with E-state index in [1.165, 1.54) is 25.7 Å². The third kappa shape index (κ3) is 10.2. The number of carbonyl (C=O) groups is 2. The fourth-order valence-electron chi connectivity index (χ4n) is 1.95. The van der Waals surface area contributed by atoms with Crippen molar-refractivity contribution in [1.82, 2.24) is 15.3 Å². The number of amides is 2. The van der Waals surface area contributed by atoms with E-state index in [1.54, 1.807) is 31.3 Å². The van der Waals surface area contributed by atoms with Crippen molar-refractivity contribution < 1.29 is 9.59 Å². The molecular formula is C23H28ClN5O2. The zero-order chi connectivity index (χ0) is 23.1. The van der Waals surface area contributed by atoms with Gasteiger partial charge in [0.05, 0.1) is 28.7 Å². The summed E-state index contributed by atoms with van der Waals surface area (Å²) in [5.41, 5.74) is 1.79. The van der Waals surface area contributed by atoms with Gasteiger partial charge in [0.25, 0.3) is 5.91 Å². The zero-order valence-electron chi connectivity index (χ0n) is 18.1. The first-order valence-corrected chi connectivity index (χ1v) is 10.2. The molecule has 0 aliphatic rings. The molecule has 8 heteroatoms. The van der Waals surface area contributed by atoms with E-state index in [9.17, 15) is 9.59 Å². The molecule has 0 radical (unpaired) electrons.